The van der Waals surface area contributed by atoms with E-state index in [1.165, 1.54) is 24.3 Å². The van der Waals surface area contributed by atoms with Gasteiger partial charge in [-0.25, -0.2) is 0 Å². The van der Waals surface area contributed by atoms with Gasteiger partial charge in [0, 0.05) is 32.1 Å². The molecule has 2 saturated heterocycles. The Kier molecular flexibility index (Phi) is 21.2. The smallest absolute Gasteiger partial charge is 0.460 e. The summed E-state index contributed by atoms with van der Waals surface area (Å²) in [6.07, 6.45) is -23.0. The van der Waals surface area contributed by atoms with Crippen molar-refractivity contribution in [3.05, 3.63) is 142 Å². The molecule has 10 atom stereocenters. The lowest BCUT2D eigenvalue weighted by Crippen LogP contribution is -2.66. The van der Waals surface area contributed by atoms with E-state index in [1.54, 1.807) is 91.0 Å². The van der Waals surface area contributed by atoms with Crippen molar-refractivity contribution < 1.29 is 106 Å². The van der Waals surface area contributed by atoms with Gasteiger partial charge in [-0.15, -0.1) is 0 Å². The molecule has 0 amide bonds. The van der Waals surface area contributed by atoms with E-state index in [-0.39, 0.29) is 37.9 Å². The molecule has 4 aromatic rings. The van der Waals surface area contributed by atoms with Gasteiger partial charge in [-0.2, -0.15) is 39.5 Å². The van der Waals surface area contributed by atoms with Gasteiger partial charge in [-0.3, -0.25) is 14.4 Å². The number of carbonyl (C=O) groups is 3. The van der Waals surface area contributed by atoms with Crippen LogP contribution in [-0.4, -0.2) is 123 Å². The quantitative estimate of drug-likeness (QED) is 0.0109. The molecule has 0 unspecified atom stereocenters. The number of carbonyl (C=O) groups excluding carboxylic acids is 3. The number of halogens is 9. The second-order valence-corrected chi connectivity index (χ2v) is 17.7. The van der Waals surface area contributed by atoms with Crippen molar-refractivity contribution in [1.82, 2.24) is 0 Å². The van der Waals surface area contributed by atoms with Crippen molar-refractivity contribution in [3.63, 3.8) is 0 Å². The summed E-state index contributed by atoms with van der Waals surface area (Å²) in [6.45, 7) is 1.40. The molecule has 2 aliphatic rings. The van der Waals surface area contributed by atoms with E-state index in [1.807, 2.05) is 0 Å². The molecule has 2 heterocycles. The summed E-state index contributed by atoms with van der Waals surface area (Å²) in [5, 5.41) is 3.88. The number of esters is 3. The van der Waals surface area contributed by atoms with E-state index in [2.05, 4.69) is 10.0 Å². The molecule has 6 rings (SSSR count). The highest BCUT2D eigenvalue weighted by Gasteiger charge is 2.81. The van der Waals surface area contributed by atoms with Crippen molar-refractivity contribution in [1.29, 1.82) is 0 Å². The molecule has 0 aromatic heterocycles. The highest BCUT2D eigenvalue weighted by atomic mass is 19.4. The first kappa shape index (κ1) is 60.6. The first-order chi connectivity index (χ1) is 37.0. The second kappa shape index (κ2) is 27.3. The molecule has 0 spiro atoms. The van der Waals surface area contributed by atoms with Gasteiger partial charge in [-0.1, -0.05) is 96.1 Å². The topological polar surface area (TPSA) is 202 Å². The minimum atomic E-state index is -7.02. The largest absolute Gasteiger partial charge is 0.494 e. The number of benzene rings is 4. The van der Waals surface area contributed by atoms with Gasteiger partial charge in [0.2, 0.25) is 6.29 Å². The van der Waals surface area contributed by atoms with E-state index in [0.29, 0.717) is 11.1 Å². The number of rotatable bonds is 26. The molecule has 0 radical (unpaired) electrons. The third-order valence-corrected chi connectivity index (χ3v) is 11.9. The van der Waals surface area contributed by atoms with Gasteiger partial charge in [0.15, 0.2) is 18.5 Å². The third-order valence-electron chi connectivity index (χ3n) is 11.9. The van der Waals surface area contributed by atoms with Crippen molar-refractivity contribution >= 4 is 17.9 Å². The van der Waals surface area contributed by atoms with Crippen LogP contribution in [-0.2, 0) is 76.8 Å². The second-order valence-electron chi connectivity index (χ2n) is 17.7. The summed E-state index contributed by atoms with van der Waals surface area (Å²) >= 11 is 0. The monoisotopic (exact) mass is 1120 g/mol. The average Bonchev–Trinajstić information content (AvgIpc) is 3.50. The molecule has 26 heteroatoms. The Labute approximate surface area is 440 Å². The summed E-state index contributed by atoms with van der Waals surface area (Å²) in [5.41, 5.74) is 12.0. The van der Waals surface area contributed by atoms with Crippen LogP contribution in [0.4, 0.5) is 39.5 Å². The zero-order valence-electron chi connectivity index (χ0n) is 41.9. The molecule has 2 aliphatic heterocycles. The summed E-state index contributed by atoms with van der Waals surface area (Å²) in [5.74, 6) is -22.1. The maximum atomic E-state index is 14.2. The van der Waals surface area contributed by atoms with Crippen molar-refractivity contribution in [3.8, 4) is 11.5 Å². The average molecular weight is 1120 g/mol. The Morgan fingerprint density at radius 2 is 1.08 bits per heavy atom. The summed E-state index contributed by atoms with van der Waals surface area (Å²) < 4.78 is 188. The van der Waals surface area contributed by atoms with Gasteiger partial charge in [-0.05, 0) is 52.9 Å². The standard InChI is InChI=1S/C52H54F9N3O14/c1-31(65)70-30-40-42(73-32(2)66)44(74-33(3)67)41(63-64-62)47(76-40)78-43-39(29-68-26-34-14-7-4-8-15-34)77-48(46(72-28-36-18-11-6-12-19-36)45(43)71-27-35-16-9-5-10-17-35)75-38-22-20-37(21-23-38)69-25-13-24-49(53,54)50(55,56)51(57,58)52(59,60)61/h4-12,14-23,39-48H,13,24-30H2,1-3H3/t39-,40-,41-,42-,43+,44-,45+,46-,47-,48-/m1/s1. The molecule has 0 aliphatic carbocycles. The minimum absolute atomic E-state index is 0.0360. The predicted octanol–water partition coefficient (Wildman–Crippen LogP) is 10.0. The molecule has 4 aromatic carbocycles. The number of alkyl halides is 9. The maximum absolute atomic E-state index is 14.2. The van der Waals surface area contributed by atoms with Crippen LogP contribution in [0, 0.1) is 0 Å². The first-order valence-corrected chi connectivity index (χ1v) is 24.0. The SMILES string of the molecule is CC(=O)OC[C@H]1O[C@H](O[C@@H]2[C@H](OCc3ccccc3)[C@@H](OCc3ccccc3)[C@H](Oc3ccc(OCCCC(F)(F)C(F)(F)C(F)(F)C(F)(F)F)cc3)O[C@@H]2COCc2ccccc2)[C@H](N=[N+]=[N-])[C@@H](OC(C)=O)[C@@H]1OC(C)=O. The lowest BCUT2D eigenvalue weighted by Gasteiger charge is -2.49. The van der Waals surface area contributed by atoms with Crippen LogP contribution in [0.1, 0.15) is 50.3 Å². The molecule has 78 heavy (non-hydrogen) atoms. The fourth-order valence-electron chi connectivity index (χ4n) is 8.17. The van der Waals surface area contributed by atoms with Crippen LogP contribution in [0.5, 0.6) is 11.5 Å². The van der Waals surface area contributed by atoms with Gasteiger partial charge in [0.05, 0.1) is 33.0 Å². The molecule has 0 saturated carbocycles. The predicted molar refractivity (Wildman–Crippen MR) is 252 cm³/mol. The van der Waals surface area contributed by atoms with Crippen LogP contribution in [0.25, 0.3) is 10.4 Å². The highest BCUT2D eigenvalue weighted by molar-refractivity contribution is 5.68. The van der Waals surface area contributed by atoms with E-state index in [0.717, 1.165) is 26.3 Å². The molecule has 0 bridgehead atoms. The molecule has 2 fully saturated rings. The number of ether oxygens (including phenoxy) is 11. The van der Waals surface area contributed by atoms with E-state index in [9.17, 15) is 59.4 Å². The van der Waals surface area contributed by atoms with Crippen LogP contribution in [0.2, 0.25) is 0 Å². The van der Waals surface area contributed by atoms with Crippen LogP contribution in [0.3, 0.4) is 0 Å². The van der Waals surface area contributed by atoms with E-state index >= 15 is 0 Å². The Hall–Kier alpha value is -6.67. The zero-order chi connectivity index (χ0) is 56.7. The lowest BCUT2D eigenvalue weighted by molar-refractivity contribution is -0.396. The fourth-order valence-corrected chi connectivity index (χ4v) is 8.17. The van der Waals surface area contributed by atoms with Crippen molar-refractivity contribution in [2.75, 3.05) is 19.8 Å². The Balaban J connectivity index is 1.36. The van der Waals surface area contributed by atoms with Crippen LogP contribution >= 0.6 is 0 Å². The Morgan fingerprint density at radius 1 is 0.577 bits per heavy atom. The minimum Gasteiger partial charge on any atom is -0.494 e. The summed E-state index contributed by atoms with van der Waals surface area (Å²) in [7, 11) is 0. The van der Waals surface area contributed by atoms with E-state index < -0.39 is 129 Å². The number of hydrogen-bond acceptors (Lipinski definition) is 15. The summed E-state index contributed by atoms with van der Waals surface area (Å²) in [6, 6.07) is 30.3. The highest BCUT2D eigenvalue weighted by Crippen LogP contribution is 2.54. The fraction of sp³-hybridized carbons (Fsp3) is 0.481. The van der Waals surface area contributed by atoms with Crippen LogP contribution < -0.4 is 9.47 Å². The molecular formula is C52H54F9N3O14. The number of nitrogens with zero attached hydrogens (tertiary/aromatic N) is 3. The lowest BCUT2D eigenvalue weighted by atomic mass is 9.95. The Morgan fingerprint density at radius 3 is 1.60 bits per heavy atom. The van der Waals surface area contributed by atoms with Gasteiger partial charge < -0.3 is 52.1 Å². The first-order valence-electron chi connectivity index (χ1n) is 24.0. The van der Waals surface area contributed by atoms with Gasteiger partial charge in [0.1, 0.15) is 54.7 Å². The summed E-state index contributed by atoms with van der Waals surface area (Å²) in [4.78, 5) is 40.2. The number of hydrogen-bond donors (Lipinski definition) is 0. The van der Waals surface area contributed by atoms with Crippen LogP contribution in [0.15, 0.2) is 120 Å². The zero-order valence-corrected chi connectivity index (χ0v) is 41.9. The molecule has 424 valence electrons. The normalized spacial score (nSPS) is 23.8. The molecule has 17 nitrogen and oxygen atoms in total. The molecule has 0 N–H and O–H groups in total. The molecular weight excluding hydrogens is 1060 g/mol. The maximum Gasteiger partial charge on any atom is 0.460 e. The third kappa shape index (κ3) is 16.0. The van der Waals surface area contributed by atoms with Gasteiger partial charge in [0.25, 0.3) is 0 Å². The van der Waals surface area contributed by atoms with Crippen molar-refractivity contribution in [2.24, 2.45) is 5.11 Å². The Bertz CT molecular complexity index is 2590. The number of azide groups is 1. The van der Waals surface area contributed by atoms with Gasteiger partial charge >= 0.3 is 41.9 Å². The van der Waals surface area contributed by atoms with Crippen molar-refractivity contribution in [2.45, 2.75) is 139 Å². The van der Waals surface area contributed by atoms with E-state index in [4.69, 9.17) is 52.1 Å².